The first-order valence-electron chi connectivity index (χ1n) is 4.78. The fourth-order valence-electron chi connectivity index (χ4n) is 1.18. The van der Waals surface area contributed by atoms with Gasteiger partial charge in [0.25, 0.3) is 0 Å². The van der Waals surface area contributed by atoms with Crippen LogP contribution in [0.2, 0.25) is 0 Å². The van der Waals surface area contributed by atoms with Gasteiger partial charge in [-0.3, -0.25) is 9.40 Å². The fourth-order valence-corrected chi connectivity index (χ4v) is 2.36. The number of nitrogens with zero attached hydrogens (tertiary/aromatic N) is 2. The van der Waals surface area contributed by atoms with E-state index in [1.54, 1.807) is 13.8 Å². The number of nitrogens with one attached hydrogen (secondary N) is 2. The Hall–Kier alpha value is -1.61. The number of anilines is 1. The molecule has 0 aliphatic carbocycles. The van der Waals surface area contributed by atoms with Gasteiger partial charge in [-0.1, -0.05) is 0 Å². The first-order valence-corrected chi connectivity index (χ1v) is 6.26. The van der Waals surface area contributed by atoms with E-state index in [2.05, 4.69) is 14.5 Å². The Morgan fingerprint density at radius 3 is 2.59 bits per heavy atom. The Morgan fingerprint density at radius 1 is 1.53 bits per heavy atom. The maximum atomic E-state index is 11.6. The van der Waals surface area contributed by atoms with Crippen LogP contribution < -0.4 is 9.44 Å². The molecule has 1 aromatic heterocycles. The smallest absolute Gasteiger partial charge is 0.341 e. The summed E-state index contributed by atoms with van der Waals surface area (Å²) in [6, 6.07) is -0.297. The van der Waals surface area contributed by atoms with Gasteiger partial charge in [-0.15, -0.1) is 0 Å². The molecule has 1 aromatic rings. The molecule has 17 heavy (non-hydrogen) atoms. The summed E-state index contributed by atoms with van der Waals surface area (Å²) in [5.74, 6) is -1.34. The number of carbonyl (C=O) groups is 1. The minimum Gasteiger partial charge on any atom is -0.477 e. The largest absolute Gasteiger partial charge is 0.477 e. The van der Waals surface area contributed by atoms with Gasteiger partial charge in [-0.05, 0) is 13.8 Å². The van der Waals surface area contributed by atoms with Gasteiger partial charge in [0.15, 0.2) is 5.82 Å². The van der Waals surface area contributed by atoms with Gasteiger partial charge < -0.3 is 5.11 Å². The van der Waals surface area contributed by atoms with E-state index in [0.29, 0.717) is 0 Å². The van der Waals surface area contributed by atoms with Crippen LogP contribution in [0, 0.1) is 0 Å². The number of hydrogen-bond donors (Lipinski definition) is 3. The van der Waals surface area contributed by atoms with Gasteiger partial charge in [-0.25, -0.2) is 4.79 Å². The number of aromatic nitrogens is 2. The standard InChI is InChI=1S/C8H14N4O4S/c1-5(2)10-17(15,16)11-7-6(8(13)14)4-9-12(7)3/h4-5,10-11H,1-3H3,(H,13,14). The van der Waals surface area contributed by atoms with Crippen LogP contribution in [0.25, 0.3) is 0 Å². The summed E-state index contributed by atoms with van der Waals surface area (Å²) >= 11 is 0. The molecule has 0 bridgehead atoms. The summed E-state index contributed by atoms with van der Waals surface area (Å²) in [6.07, 6.45) is 1.08. The van der Waals surface area contributed by atoms with Crippen molar-refractivity contribution in [2.75, 3.05) is 4.72 Å². The van der Waals surface area contributed by atoms with Crippen LogP contribution in [0.4, 0.5) is 5.82 Å². The molecule has 1 heterocycles. The Bertz CT molecular complexity index is 520. The van der Waals surface area contributed by atoms with Crippen molar-refractivity contribution in [3.8, 4) is 0 Å². The van der Waals surface area contributed by atoms with E-state index in [1.807, 2.05) is 0 Å². The zero-order chi connectivity index (χ0) is 13.2. The average molecular weight is 262 g/mol. The fraction of sp³-hybridized carbons (Fsp3) is 0.500. The molecule has 0 atom stereocenters. The van der Waals surface area contributed by atoms with E-state index in [1.165, 1.54) is 7.05 Å². The van der Waals surface area contributed by atoms with Crippen molar-refractivity contribution in [3.63, 3.8) is 0 Å². The highest BCUT2D eigenvalue weighted by Gasteiger charge is 2.20. The normalized spacial score (nSPS) is 11.8. The van der Waals surface area contributed by atoms with Crippen molar-refractivity contribution in [3.05, 3.63) is 11.8 Å². The van der Waals surface area contributed by atoms with Crippen LogP contribution in [-0.2, 0) is 17.3 Å². The quantitative estimate of drug-likeness (QED) is 0.678. The molecule has 0 spiro atoms. The van der Waals surface area contributed by atoms with Crippen LogP contribution in [0.15, 0.2) is 6.20 Å². The van der Waals surface area contributed by atoms with Crippen LogP contribution in [0.3, 0.4) is 0 Å². The maximum Gasteiger partial charge on any atom is 0.341 e. The Kier molecular flexibility index (Phi) is 3.73. The van der Waals surface area contributed by atoms with Crippen molar-refractivity contribution in [2.45, 2.75) is 19.9 Å². The highest BCUT2D eigenvalue weighted by atomic mass is 32.2. The number of carboxylic acid groups (broad SMARTS) is 1. The van der Waals surface area contributed by atoms with Crippen molar-refractivity contribution in [1.29, 1.82) is 0 Å². The molecule has 0 unspecified atom stereocenters. The first kappa shape index (κ1) is 13.5. The summed E-state index contributed by atoms with van der Waals surface area (Å²) in [5.41, 5.74) is -0.207. The van der Waals surface area contributed by atoms with Crippen molar-refractivity contribution in [1.82, 2.24) is 14.5 Å². The molecule has 0 amide bonds. The minimum absolute atomic E-state index is 0.0920. The second-order valence-corrected chi connectivity index (χ2v) is 5.16. The van der Waals surface area contributed by atoms with Gasteiger partial charge in [0, 0.05) is 13.1 Å². The Labute approximate surface area is 98.8 Å². The van der Waals surface area contributed by atoms with Crippen LogP contribution in [0.5, 0.6) is 0 Å². The molecule has 0 aliphatic rings. The lowest BCUT2D eigenvalue weighted by molar-refractivity contribution is 0.0698. The zero-order valence-corrected chi connectivity index (χ0v) is 10.4. The first-order chi connectivity index (χ1) is 7.73. The minimum atomic E-state index is -3.81. The number of aryl methyl sites for hydroxylation is 1. The van der Waals surface area contributed by atoms with Crippen LogP contribution >= 0.6 is 0 Å². The van der Waals surface area contributed by atoms with Gasteiger partial charge in [0.05, 0.1) is 6.20 Å². The van der Waals surface area contributed by atoms with Crippen molar-refractivity contribution in [2.24, 2.45) is 7.05 Å². The molecule has 0 saturated heterocycles. The summed E-state index contributed by atoms with van der Waals surface area (Å²) in [6.45, 7) is 3.31. The molecule has 0 fully saturated rings. The molecular weight excluding hydrogens is 248 g/mol. The predicted octanol–water partition coefficient (Wildman–Crippen LogP) is -0.227. The Morgan fingerprint density at radius 2 is 2.12 bits per heavy atom. The summed E-state index contributed by atoms with van der Waals surface area (Å²) in [4.78, 5) is 10.8. The number of carboxylic acids is 1. The highest BCUT2D eigenvalue weighted by molar-refractivity contribution is 7.90. The lowest BCUT2D eigenvalue weighted by atomic mass is 10.3. The molecule has 9 heteroatoms. The number of aromatic carboxylic acids is 1. The third kappa shape index (κ3) is 3.43. The molecule has 96 valence electrons. The Balaban J connectivity index is 3.03. The second-order valence-electron chi connectivity index (χ2n) is 3.71. The molecule has 0 saturated carbocycles. The lowest BCUT2D eigenvalue weighted by Crippen LogP contribution is -2.36. The molecule has 0 aromatic carbocycles. The molecule has 0 aliphatic heterocycles. The molecule has 0 radical (unpaired) electrons. The molecule has 8 nitrogen and oxygen atoms in total. The molecule has 3 N–H and O–H groups in total. The average Bonchev–Trinajstić information content (AvgIpc) is 2.44. The lowest BCUT2D eigenvalue weighted by Gasteiger charge is -2.12. The third-order valence-corrected chi connectivity index (χ3v) is 3.03. The molecule has 1 rings (SSSR count). The van der Waals surface area contributed by atoms with Crippen LogP contribution in [-0.4, -0.2) is 35.3 Å². The van der Waals surface area contributed by atoms with E-state index < -0.39 is 16.2 Å². The second kappa shape index (κ2) is 4.72. The van der Waals surface area contributed by atoms with E-state index in [0.717, 1.165) is 10.9 Å². The van der Waals surface area contributed by atoms with E-state index in [-0.39, 0.29) is 17.4 Å². The van der Waals surface area contributed by atoms with Crippen molar-refractivity contribution >= 4 is 22.0 Å². The van der Waals surface area contributed by atoms with Gasteiger partial charge in [0.1, 0.15) is 5.56 Å². The van der Waals surface area contributed by atoms with E-state index >= 15 is 0 Å². The van der Waals surface area contributed by atoms with E-state index in [4.69, 9.17) is 5.11 Å². The van der Waals surface area contributed by atoms with Gasteiger partial charge in [0.2, 0.25) is 0 Å². The zero-order valence-electron chi connectivity index (χ0n) is 9.63. The SMILES string of the molecule is CC(C)NS(=O)(=O)Nc1c(C(=O)O)cnn1C. The summed E-state index contributed by atoms with van der Waals surface area (Å²) in [5, 5.41) is 12.5. The van der Waals surface area contributed by atoms with Crippen molar-refractivity contribution < 1.29 is 18.3 Å². The third-order valence-electron chi connectivity index (χ3n) is 1.79. The van der Waals surface area contributed by atoms with Gasteiger partial charge in [-0.2, -0.15) is 18.2 Å². The monoisotopic (exact) mass is 262 g/mol. The number of hydrogen-bond acceptors (Lipinski definition) is 4. The molecular formula is C8H14N4O4S. The van der Waals surface area contributed by atoms with Gasteiger partial charge >= 0.3 is 16.2 Å². The maximum absolute atomic E-state index is 11.6. The summed E-state index contributed by atoms with van der Waals surface area (Å²) in [7, 11) is -2.36. The number of rotatable bonds is 5. The van der Waals surface area contributed by atoms with E-state index in [9.17, 15) is 13.2 Å². The summed E-state index contributed by atoms with van der Waals surface area (Å²) < 4.78 is 28.7. The predicted molar refractivity (Wildman–Crippen MR) is 61.0 cm³/mol. The highest BCUT2D eigenvalue weighted by Crippen LogP contribution is 2.14. The topological polar surface area (TPSA) is 113 Å². The van der Waals surface area contributed by atoms with Crippen LogP contribution in [0.1, 0.15) is 24.2 Å².